The van der Waals surface area contributed by atoms with Gasteiger partial charge in [0.25, 0.3) is 0 Å². The second-order valence-electron chi connectivity index (χ2n) is 22.0. The molecule has 0 aliphatic rings. The Morgan fingerprint density at radius 1 is 0.198 bits per heavy atom. The monoisotopic (exact) mass is 1100 g/mol. The molecule has 0 radical (unpaired) electrons. The fraction of sp³-hybridized carbons (Fsp3) is 0. The summed E-state index contributed by atoms with van der Waals surface area (Å²) < 4.78 is 12.1. The highest BCUT2D eigenvalue weighted by Gasteiger charge is 2.17. The second kappa shape index (κ2) is 20.1. The molecule has 0 fully saturated rings. The first-order chi connectivity index (χ1) is 42.6. The summed E-state index contributed by atoms with van der Waals surface area (Å²) in [5, 5.41) is 13.9. The average Bonchev–Trinajstić information content (AvgIpc) is 1.35. The molecule has 0 aliphatic heterocycles. The first-order valence-electron chi connectivity index (χ1n) is 29.0. The van der Waals surface area contributed by atoms with Gasteiger partial charge in [0.05, 0.1) is 45.8 Å². The van der Waals surface area contributed by atoms with Crippen molar-refractivity contribution >= 4 is 109 Å². The maximum Gasteiger partial charge on any atom is 0.135 e. The van der Waals surface area contributed by atoms with Crippen molar-refractivity contribution in [1.29, 1.82) is 0 Å². The Kier molecular flexibility index (Phi) is 11.5. The zero-order valence-corrected chi connectivity index (χ0v) is 46.3. The van der Waals surface area contributed by atoms with E-state index in [-0.39, 0.29) is 0 Å². The summed E-state index contributed by atoms with van der Waals surface area (Å²) in [5.41, 5.74) is 20.6. The number of hydrogen-bond donors (Lipinski definition) is 0. The number of benzene rings is 14. The van der Waals surface area contributed by atoms with Gasteiger partial charge in [-0.25, -0.2) is 9.97 Å². The summed E-state index contributed by atoms with van der Waals surface area (Å²) in [5.74, 6) is 0. The molecule has 6 nitrogen and oxygen atoms in total. The molecule has 18 rings (SSSR count). The van der Waals surface area contributed by atoms with Crippen LogP contribution in [0.25, 0.3) is 176 Å². The summed E-state index contributed by atoms with van der Waals surface area (Å²) in [7, 11) is 0. The lowest BCUT2D eigenvalue weighted by Gasteiger charge is -2.12. The van der Waals surface area contributed by atoms with E-state index < -0.39 is 0 Å². The number of rotatable bonds is 6. The van der Waals surface area contributed by atoms with Crippen molar-refractivity contribution < 1.29 is 8.83 Å². The molecule has 0 N–H and O–H groups in total. The SMILES string of the molecule is c1cc(-c2ccc(-c3cnc4c5ccccc5c5ccccc5c4n3)cc2)cc(-c2ccc3oc4ccccc4c3c2)c1.c1ccc(-c2ccc3oc4ccccc4c3c2)c(-c2ccc(-c3cnc4c5ccccc5c5ccccc5c4n3)cc2)c1. The van der Waals surface area contributed by atoms with Crippen molar-refractivity contribution in [1.82, 2.24) is 19.9 Å². The number of furan rings is 2. The molecule has 0 aliphatic carbocycles. The van der Waals surface area contributed by atoms with E-state index in [1.54, 1.807) is 0 Å². The van der Waals surface area contributed by atoms with Crippen LogP contribution < -0.4 is 0 Å². The predicted molar refractivity (Wildman–Crippen MR) is 356 cm³/mol. The Hall–Kier alpha value is -11.6. The summed E-state index contributed by atoms with van der Waals surface area (Å²) in [6.07, 6.45) is 3.80. The molecule has 86 heavy (non-hydrogen) atoms. The standard InChI is InChI=1S/2C40H24N2O/c1-3-13-33-30(10-1)31-11-2-4-14-34(31)40-39(33)41-24-36(42-40)26-18-16-25(17-19-26)27-8-7-9-28(22-27)29-20-21-38-35(23-29)32-12-5-6-15-37(32)43-38;1-2-10-29(27-21-22-38-35(23-27)32-13-7-8-16-37(32)43-38)28(9-1)25-17-19-26(20-18-25)36-24-41-39-33-14-5-3-11-30(33)31-12-4-6-15-34(31)40(39)42-36/h2*1-24H. The lowest BCUT2D eigenvalue weighted by molar-refractivity contribution is 0.668. The molecule has 4 aromatic heterocycles. The smallest absolute Gasteiger partial charge is 0.135 e. The second-order valence-corrected chi connectivity index (χ2v) is 22.0. The van der Waals surface area contributed by atoms with Gasteiger partial charge in [-0.2, -0.15) is 0 Å². The van der Waals surface area contributed by atoms with E-state index in [4.69, 9.17) is 28.8 Å². The minimum absolute atomic E-state index is 0.866. The zero-order chi connectivity index (χ0) is 56.7. The normalized spacial score (nSPS) is 11.7. The zero-order valence-electron chi connectivity index (χ0n) is 46.3. The largest absolute Gasteiger partial charge is 0.456 e. The number of para-hydroxylation sites is 2. The molecule has 6 heteroatoms. The van der Waals surface area contributed by atoms with E-state index in [9.17, 15) is 0 Å². The summed E-state index contributed by atoms with van der Waals surface area (Å²) in [4.78, 5) is 20.2. The Morgan fingerprint density at radius 3 is 1.01 bits per heavy atom. The van der Waals surface area contributed by atoms with Gasteiger partial charge < -0.3 is 8.83 Å². The first-order valence-corrected chi connectivity index (χ1v) is 29.0. The van der Waals surface area contributed by atoms with Crippen molar-refractivity contribution in [3.63, 3.8) is 0 Å². The molecule has 14 aromatic carbocycles. The summed E-state index contributed by atoms with van der Waals surface area (Å²) >= 11 is 0. The quantitative estimate of drug-likeness (QED) is 0.154. The van der Waals surface area contributed by atoms with Crippen LogP contribution in [0.4, 0.5) is 0 Å². The van der Waals surface area contributed by atoms with Gasteiger partial charge in [0.15, 0.2) is 0 Å². The number of hydrogen-bond acceptors (Lipinski definition) is 6. The van der Waals surface area contributed by atoms with Gasteiger partial charge in [-0.1, -0.05) is 237 Å². The molecule has 0 bridgehead atoms. The van der Waals surface area contributed by atoms with Crippen LogP contribution in [0.1, 0.15) is 0 Å². The van der Waals surface area contributed by atoms with Gasteiger partial charge in [-0.05, 0) is 109 Å². The lowest BCUT2D eigenvalue weighted by Crippen LogP contribution is -1.92. The lowest BCUT2D eigenvalue weighted by atomic mass is 9.93. The predicted octanol–water partition coefficient (Wildman–Crippen LogP) is 21.7. The maximum atomic E-state index is 6.07. The molecule has 0 saturated carbocycles. The van der Waals surface area contributed by atoms with Crippen molar-refractivity contribution in [2.45, 2.75) is 0 Å². The van der Waals surface area contributed by atoms with Crippen molar-refractivity contribution in [2.24, 2.45) is 0 Å². The molecule has 0 unspecified atom stereocenters. The van der Waals surface area contributed by atoms with Crippen LogP contribution in [0.3, 0.4) is 0 Å². The summed E-state index contributed by atoms with van der Waals surface area (Å²) in [6, 6.07) is 97.8. The molecule has 4 heterocycles. The van der Waals surface area contributed by atoms with E-state index >= 15 is 0 Å². The van der Waals surface area contributed by atoms with Crippen LogP contribution in [0.2, 0.25) is 0 Å². The van der Waals surface area contributed by atoms with Crippen molar-refractivity contribution in [3.05, 3.63) is 291 Å². The number of nitrogens with zero attached hydrogens (tertiary/aromatic N) is 4. The molecule has 400 valence electrons. The van der Waals surface area contributed by atoms with Crippen molar-refractivity contribution in [3.8, 4) is 67.0 Å². The van der Waals surface area contributed by atoms with Crippen molar-refractivity contribution in [2.75, 3.05) is 0 Å². The number of aromatic nitrogens is 4. The highest BCUT2D eigenvalue weighted by Crippen LogP contribution is 2.41. The van der Waals surface area contributed by atoms with E-state index in [0.29, 0.717) is 0 Å². The Balaban J connectivity index is 0.000000134. The fourth-order valence-corrected chi connectivity index (χ4v) is 12.8. The molecule has 18 aromatic rings. The van der Waals surface area contributed by atoms with Gasteiger partial charge in [-0.3, -0.25) is 9.97 Å². The first kappa shape index (κ1) is 49.0. The maximum absolute atomic E-state index is 6.07. The van der Waals surface area contributed by atoms with Crippen LogP contribution in [-0.2, 0) is 0 Å². The van der Waals surface area contributed by atoms with Crippen LogP contribution in [0.15, 0.2) is 300 Å². The molecular formula is C80H48N4O2. The molecule has 0 atom stereocenters. The van der Waals surface area contributed by atoms with Crippen LogP contribution >= 0.6 is 0 Å². The third-order valence-electron chi connectivity index (χ3n) is 17.0. The molecular weight excluding hydrogens is 1050 g/mol. The third kappa shape index (κ3) is 8.26. The van der Waals surface area contributed by atoms with Crippen LogP contribution in [0.5, 0.6) is 0 Å². The topological polar surface area (TPSA) is 77.8 Å². The van der Waals surface area contributed by atoms with E-state index in [2.05, 4.69) is 255 Å². The van der Waals surface area contributed by atoms with Crippen LogP contribution in [0, 0.1) is 0 Å². The van der Waals surface area contributed by atoms with Gasteiger partial charge in [-0.15, -0.1) is 0 Å². The number of fused-ring (bicyclic) bond motifs is 18. The van der Waals surface area contributed by atoms with E-state index in [0.717, 1.165) is 121 Å². The Morgan fingerprint density at radius 2 is 0.523 bits per heavy atom. The van der Waals surface area contributed by atoms with Gasteiger partial charge in [0.2, 0.25) is 0 Å². The highest BCUT2D eigenvalue weighted by atomic mass is 16.3. The average molecular weight is 1100 g/mol. The Bertz CT molecular complexity index is 5650. The van der Waals surface area contributed by atoms with Gasteiger partial charge in [0, 0.05) is 54.2 Å². The Labute approximate surface area is 493 Å². The van der Waals surface area contributed by atoms with Gasteiger partial charge >= 0.3 is 0 Å². The minimum atomic E-state index is 0.866. The molecule has 0 spiro atoms. The van der Waals surface area contributed by atoms with E-state index in [1.807, 2.05) is 36.7 Å². The minimum Gasteiger partial charge on any atom is -0.456 e. The molecule has 0 amide bonds. The third-order valence-corrected chi connectivity index (χ3v) is 17.0. The van der Waals surface area contributed by atoms with Gasteiger partial charge in [0.1, 0.15) is 22.3 Å². The highest BCUT2D eigenvalue weighted by molar-refractivity contribution is 6.24. The fourth-order valence-electron chi connectivity index (χ4n) is 12.8. The summed E-state index contributed by atoms with van der Waals surface area (Å²) in [6.45, 7) is 0. The molecule has 0 saturated heterocycles. The van der Waals surface area contributed by atoms with Crippen LogP contribution in [-0.4, -0.2) is 19.9 Å². The van der Waals surface area contributed by atoms with E-state index in [1.165, 1.54) is 54.9 Å².